The predicted octanol–water partition coefficient (Wildman–Crippen LogP) is 5.25. The highest BCUT2D eigenvalue weighted by Crippen LogP contribution is 2.47. The van der Waals surface area contributed by atoms with Gasteiger partial charge in [0, 0.05) is 18.8 Å². The standard InChI is InChI=1S/C19H25F3N2S/c1-13(23)25-10-2-9-24-11-15-5-8-17(18(15)12-24)14-3-6-16(7-4-14)19(20,21)22/h3-4,6-7,15,17-18,23H,2,5,8-12H2,1H3/t15-,17?,18+/m1/s1. The van der Waals surface area contributed by atoms with Crippen LogP contribution in [0.15, 0.2) is 24.3 Å². The van der Waals surface area contributed by atoms with E-state index >= 15 is 0 Å². The molecule has 25 heavy (non-hydrogen) atoms. The van der Waals surface area contributed by atoms with Crippen LogP contribution in [0.4, 0.5) is 13.2 Å². The number of hydrogen-bond donors (Lipinski definition) is 1. The van der Waals surface area contributed by atoms with E-state index in [2.05, 4.69) is 4.90 Å². The summed E-state index contributed by atoms with van der Waals surface area (Å²) in [6, 6.07) is 5.82. The quantitative estimate of drug-likeness (QED) is 0.435. The molecule has 1 aromatic rings. The molecule has 3 rings (SSSR count). The highest BCUT2D eigenvalue weighted by molar-refractivity contribution is 8.13. The average molecular weight is 370 g/mol. The van der Waals surface area contributed by atoms with Gasteiger partial charge in [0.15, 0.2) is 0 Å². The van der Waals surface area contributed by atoms with E-state index in [4.69, 9.17) is 5.41 Å². The van der Waals surface area contributed by atoms with Gasteiger partial charge in [-0.15, -0.1) is 11.8 Å². The van der Waals surface area contributed by atoms with Crippen LogP contribution in [0.1, 0.15) is 43.2 Å². The number of likely N-dealkylation sites (tertiary alicyclic amines) is 1. The molecule has 1 heterocycles. The van der Waals surface area contributed by atoms with Gasteiger partial charge < -0.3 is 4.90 Å². The molecule has 6 heteroatoms. The first-order chi connectivity index (χ1) is 11.8. The molecule has 1 aromatic carbocycles. The van der Waals surface area contributed by atoms with Crippen LogP contribution in [0.25, 0.3) is 0 Å². The van der Waals surface area contributed by atoms with Gasteiger partial charge >= 0.3 is 6.18 Å². The molecule has 0 spiro atoms. The molecule has 0 bridgehead atoms. The Hall–Kier alpha value is -1.01. The summed E-state index contributed by atoms with van der Waals surface area (Å²) in [6.45, 7) is 5.06. The molecule has 1 saturated carbocycles. The van der Waals surface area contributed by atoms with E-state index in [0.29, 0.717) is 22.8 Å². The minimum Gasteiger partial charge on any atom is -0.303 e. The van der Waals surface area contributed by atoms with E-state index in [1.165, 1.54) is 18.6 Å². The number of alkyl halides is 3. The normalized spacial score (nSPS) is 26.8. The number of nitrogens with zero attached hydrogens (tertiary/aromatic N) is 1. The highest BCUT2D eigenvalue weighted by Gasteiger charge is 2.42. The highest BCUT2D eigenvalue weighted by atomic mass is 32.2. The van der Waals surface area contributed by atoms with Crippen LogP contribution in [0.3, 0.4) is 0 Å². The first-order valence-corrected chi connectivity index (χ1v) is 9.90. The second-order valence-corrected chi connectivity index (χ2v) is 8.55. The minimum atomic E-state index is -4.26. The second kappa shape index (κ2) is 7.70. The lowest BCUT2D eigenvalue weighted by Crippen LogP contribution is -2.24. The topological polar surface area (TPSA) is 27.1 Å². The summed E-state index contributed by atoms with van der Waals surface area (Å²) in [6.07, 6.45) is -0.891. The van der Waals surface area contributed by atoms with E-state index in [1.807, 2.05) is 6.92 Å². The van der Waals surface area contributed by atoms with Crippen LogP contribution >= 0.6 is 11.8 Å². The molecule has 0 aromatic heterocycles. The molecule has 2 nitrogen and oxygen atoms in total. The maximum Gasteiger partial charge on any atom is 0.416 e. The predicted molar refractivity (Wildman–Crippen MR) is 97.3 cm³/mol. The smallest absolute Gasteiger partial charge is 0.303 e. The van der Waals surface area contributed by atoms with Gasteiger partial charge in [0.2, 0.25) is 0 Å². The van der Waals surface area contributed by atoms with Crippen LogP contribution in [0.2, 0.25) is 0 Å². The van der Waals surface area contributed by atoms with E-state index in [9.17, 15) is 13.2 Å². The van der Waals surface area contributed by atoms with Crippen molar-refractivity contribution < 1.29 is 13.2 Å². The summed E-state index contributed by atoms with van der Waals surface area (Å²) < 4.78 is 38.2. The van der Waals surface area contributed by atoms with Crippen molar-refractivity contribution in [3.63, 3.8) is 0 Å². The van der Waals surface area contributed by atoms with Gasteiger partial charge in [0.1, 0.15) is 0 Å². The Labute approximate surface area is 151 Å². The molecule has 1 unspecified atom stereocenters. The summed E-state index contributed by atoms with van der Waals surface area (Å²) in [5.41, 5.74) is 0.509. The van der Waals surface area contributed by atoms with Crippen molar-refractivity contribution in [2.45, 2.75) is 38.3 Å². The Bertz CT molecular complexity index is 600. The van der Waals surface area contributed by atoms with Crippen molar-refractivity contribution in [3.05, 3.63) is 35.4 Å². The van der Waals surface area contributed by atoms with Crippen molar-refractivity contribution in [2.24, 2.45) is 11.8 Å². The first kappa shape index (κ1) is 18.8. The fourth-order valence-electron chi connectivity index (χ4n) is 4.39. The Morgan fingerprint density at radius 2 is 1.92 bits per heavy atom. The number of rotatable bonds is 5. The first-order valence-electron chi connectivity index (χ1n) is 8.92. The third-order valence-electron chi connectivity index (χ3n) is 5.54. The van der Waals surface area contributed by atoms with Gasteiger partial charge in [0.25, 0.3) is 0 Å². The van der Waals surface area contributed by atoms with Crippen LogP contribution in [0.5, 0.6) is 0 Å². The molecule has 3 atom stereocenters. The van der Waals surface area contributed by atoms with Gasteiger partial charge in [-0.2, -0.15) is 13.2 Å². The van der Waals surface area contributed by atoms with Crippen LogP contribution in [-0.4, -0.2) is 35.3 Å². The van der Waals surface area contributed by atoms with E-state index in [1.54, 1.807) is 23.9 Å². The maximum absolute atomic E-state index is 12.7. The third-order valence-corrected chi connectivity index (χ3v) is 6.46. The molecule has 1 saturated heterocycles. The lowest BCUT2D eigenvalue weighted by atomic mass is 9.86. The van der Waals surface area contributed by atoms with Gasteiger partial charge in [0.05, 0.1) is 10.6 Å². The Morgan fingerprint density at radius 3 is 2.56 bits per heavy atom. The molecular weight excluding hydrogens is 345 g/mol. The number of nitrogens with one attached hydrogen (secondary N) is 1. The summed E-state index contributed by atoms with van der Waals surface area (Å²) >= 11 is 1.60. The second-order valence-electron chi connectivity index (χ2n) is 7.25. The zero-order chi connectivity index (χ0) is 18.0. The van der Waals surface area contributed by atoms with E-state index in [-0.39, 0.29) is 0 Å². The minimum absolute atomic E-state index is 0.399. The van der Waals surface area contributed by atoms with Gasteiger partial charge in [-0.25, -0.2) is 0 Å². The van der Waals surface area contributed by atoms with Crippen LogP contribution < -0.4 is 0 Å². The number of benzene rings is 1. The summed E-state index contributed by atoms with van der Waals surface area (Å²) in [4.78, 5) is 2.51. The van der Waals surface area contributed by atoms with Crippen molar-refractivity contribution >= 4 is 16.8 Å². The SMILES string of the molecule is CC(=N)SCCCN1C[C@H]2CCC(c3ccc(C(F)(F)F)cc3)[C@H]2C1. The molecule has 1 N–H and O–H groups in total. The number of fused-ring (bicyclic) bond motifs is 1. The molecule has 2 aliphatic rings. The third kappa shape index (κ3) is 4.59. The monoisotopic (exact) mass is 370 g/mol. The maximum atomic E-state index is 12.7. The van der Waals surface area contributed by atoms with Crippen molar-refractivity contribution in [1.29, 1.82) is 5.41 Å². The molecule has 0 radical (unpaired) electrons. The number of hydrogen-bond acceptors (Lipinski definition) is 3. The summed E-state index contributed by atoms with van der Waals surface area (Å²) in [5.74, 6) is 2.65. The molecule has 138 valence electrons. The van der Waals surface area contributed by atoms with Crippen molar-refractivity contribution in [3.8, 4) is 0 Å². The lowest BCUT2D eigenvalue weighted by Gasteiger charge is -2.21. The van der Waals surface area contributed by atoms with Crippen molar-refractivity contribution in [2.75, 3.05) is 25.4 Å². The Kier molecular flexibility index (Phi) is 5.78. The fraction of sp³-hybridized carbons (Fsp3) is 0.632. The summed E-state index contributed by atoms with van der Waals surface area (Å²) in [5, 5.41) is 8.11. The molecule has 2 fully saturated rings. The zero-order valence-corrected chi connectivity index (χ0v) is 15.3. The van der Waals surface area contributed by atoms with Crippen molar-refractivity contribution in [1.82, 2.24) is 4.90 Å². The number of halogens is 3. The summed E-state index contributed by atoms with van der Waals surface area (Å²) in [7, 11) is 0. The average Bonchev–Trinajstić information content (AvgIpc) is 3.10. The Balaban J connectivity index is 1.56. The van der Waals surface area contributed by atoms with Gasteiger partial charge in [-0.3, -0.25) is 5.41 Å². The molecule has 0 amide bonds. The van der Waals surface area contributed by atoms with E-state index in [0.717, 1.165) is 43.8 Å². The number of thioether (sulfide) groups is 1. The van der Waals surface area contributed by atoms with Crippen LogP contribution in [0, 0.1) is 17.2 Å². The lowest BCUT2D eigenvalue weighted by molar-refractivity contribution is -0.137. The molecule has 1 aliphatic heterocycles. The van der Waals surface area contributed by atoms with Gasteiger partial charge in [-0.05, 0) is 68.2 Å². The molecular formula is C19H25F3N2S. The van der Waals surface area contributed by atoms with Crippen LogP contribution in [-0.2, 0) is 6.18 Å². The fourth-order valence-corrected chi connectivity index (χ4v) is 4.97. The van der Waals surface area contributed by atoms with E-state index < -0.39 is 11.7 Å². The van der Waals surface area contributed by atoms with Gasteiger partial charge in [-0.1, -0.05) is 12.1 Å². The Morgan fingerprint density at radius 1 is 1.20 bits per heavy atom. The largest absolute Gasteiger partial charge is 0.416 e. The molecule has 1 aliphatic carbocycles. The zero-order valence-electron chi connectivity index (χ0n) is 14.5.